The van der Waals surface area contributed by atoms with E-state index in [0.29, 0.717) is 17.0 Å². The smallest absolute Gasteiger partial charge is 0.256 e. The zero-order valence-corrected chi connectivity index (χ0v) is 16.9. The van der Waals surface area contributed by atoms with Gasteiger partial charge in [0.2, 0.25) is 0 Å². The molecule has 0 aliphatic rings. The van der Waals surface area contributed by atoms with Crippen LogP contribution in [-0.4, -0.2) is 27.8 Å². The van der Waals surface area contributed by atoms with E-state index < -0.39 is 0 Å². The largest absolute Gasteiger partial charge is 0.495 e. The molecule has 0 atom stereocenters. The Hall–Kier alpha value is -3.67. The lowest BCUT2D eigenvalue weighted by molar-refractivity contribution is 0.102. The molecular weight excluding hydrogens is 364 g/mol. The second-order valence-corrected chi connectivity index (χ2v) is 7.03. The van der Waals surface area contributed by atoms with Gasteiger partial charge in [-0.15, -0.1) is 0 Å². The summed E-state index contributed by atoms with van der Waals surface area (Å²) in [5.74, 6) is 0.404. The minimum Gasteiger partial charge on any atom is -0.495 e. The number of pyridine rings is 1. The van der Waals surface area contributed by atoms with Crippen molar-refractivity contribution in [2.75, 3.05) is 12.4 Å². The maximum atomic E-state index is 13.3. The molecule has 0 radical (unpaired) electrons. The molecule has 0 bridgehead atoms. The molecular formula is C23H22N4O2. The van der Waals surface area contributed by atoms with Gasteiger partial charge in [-0.05, 0) is 43.7 Å². The normalized spacial score (nSPS) is 10.9. The van der Waals surface area contributed by atoms with Gasteiger partial charge in [0.05, 0.1) is 35.3 Å². The summed E-state index contributed by atoms with van der Waals surface area (Å²) < 4.78 is 7.15. The first-order valence-corrected chi connectivity index (χ1v) is 9.32. The summed E-state index contributed by atoms with van der Waals surface area (Å²) in [7, 11) is 3.46. The number of fused-ring (bicyclic) bond motifs is 1. The van der Waals surface area contributed by atoms with Crippen molar-refractivity contribution in [3.05, 3.63) is 71.5 Å². The fourth-order valence-corrected chi connectivity index (χ4v) is 3.46. The minimum atomic E-state index is -0.213. The van der Waals surface area contributed by atoms with Gasteiger partial charge in [0, 0.05) is 24.2 Å². The summed E-state index contributed by atoms with van der Waals surface area (Å²) >= 11 is 0. The minimum absolute atomic E-state index is 0.213. The molecule has 2 aromatic carbocycles. The van der Waals surface area contributed by atoms with Crippen molar-refractivity contribution in [3.63, 3.8) is 0 Å². The van der Waals surface area contributed by atoms with Crippen LogP contribution in [0.4, 0.5) is 5.69 Å². The van der Waals surface area contributed by atoms with Crippen LogP contribution >= 0.6 is 0 Å². The molecule has 0 unspecified atom stereocenters. The highest BCUT2D eigenvalue weighted by atomic mass is 16.5. The number of nitrogens with one attached hydrogen (secondary N) is 1. The molecule has 6 heteroatoms. The highest BCUT2D eigenvalue weighted by Crippen LogP contribution is 2.29. The number of ether oxygens (including phenoxy) is 1. The summed E-state index contributed by atoms with van der Waals surface area (Å²) in [6, 6.07) is 15.2. The second-order valence-electron chi connectivity index (χ2n) is 7.03. The molecule has 1 amide bonds. The van der Waals surface area contributed by atoms with Crippen LogP contribution in [0, 0.1) is 13.8 Å². The molecule has 0 saturated carbocycles. The Morgan fingerprint density at radius 2 is 1.90 bits per heavy atom. The number of methoxy groups -OCH3 is 1. The number of anilines is 1. The number of para-hydroxylation sites is 1. The van der Waals surface area contributed by atoms with Gasteiger partial charge < -0.3 is 10.1 Å². The third-order valence-electron chi connectivity index (χ3n) is 4.85. The van der Waals surface area contributed by atoms with Crippen LogP contribution in [0.3, 0.4) is 0 Å². The maximum absolute atomic E-state index is 13.3. The lowest BCUT2D eigenvalue weighted by Gasteiger charge is -2.13. The Morgan fingerprint density at radius 1 is 1.10 bits per heavy atom. The summed E-state index contributed by atoms with van der Waals surface area (Å²) in [5.41, 5.74) is 5.47. The van der Waals surface area contributed by atoms with Crippen LogP contribution in [0.15, 0.2) is 54.7 Å². The maximum Gasteiger partial charge on any atom is 0.256 e. The van der Waals surface area contributed by atoms with Crippen LogP contribution in [0.25, 0.3) is 22.2 Å². The number of amides is 1. The number of nitrogens with zero attached hydrogens (tertiary/aromatic N) is 3. The van der Waals surface area contributed by atoms with E-state index in [0.717, 1.165) is 33.4 Å². The number of carbonyl (C=O) groups excluding carboxylic acids is 1. The van der Waals surface area contributed by atoms with E-state index in [4.69, 9.17) is 9.72 Å². The topological polar surface area (TPSA) is 69.0 Å². The van der Waals surface area contributed by atoms with Crippen molar-refractivity contribution in [2.45, 2.75) is 13.8 Å². The van der Waals surface area contributed by atoms with Gasteiger partial charge in [-0.3, -0.25) is 9.48 Å². The lowest BCUT2D eigenvalue weighted by atomic mass is 10.0. The molecule has 2 heterocycles. The van der Waals surface area contributed by atoms with E-state index in [2.05, 4.69) is 10.4 Å². The standard InChI is InChI=1S/C23H22N4O2/c1-14-9-10-22(29-4)21(11-14)25-23(28)17-12-20(18-13-27(3)26-15(18)2)24-19-8-6-5-7-16(17)19/h5-13H,1-4H3,(H,25,28). The van der Waals surface area contributed by atoms with Gasteiger partial charge in [0.25, 0.3) is 5.91 Å². The van der Waals surface area contributed by atoms with E-state index in [1.165, 1.54) is 0 Å². The first kappa shape index (κ1) is 18.7. The summed E-state index contributed by atoms with van der Waals surface area (Å²) in [5, 5.41) is 8.19. The number of hydrogen-bond donors (Lipinski definition) is 1. The van der Waals surface area contributed by atoms with Crippen LogP contribution in [0.2, 0.25) is 0 Å². The fraction of sp³-hybridized carbons (Fsp3) is 0.174. The fourth-order valence-electron chi connectivity index (χ4n) is 3.46. The summed E-state index contributed by atoms with van der Waals surface area (Å²) in [4.78, 5) is 18.0. The number of hydrogen-bond acceptors (Lipinski definition) is 4. The molecule has 29 heavy (non-hydrogen) atoms. The molecule has 2 aromatic heterocycles. The Morgan fingerprint density at radius 3 is 2.62 bits per heavy atom. The third-order valence-corrected chi connectivity index (χ3v) is 4.85. The van der Waals surface area contributed by atoms with Crippen molar-refractivity contribution < 1.29 is 9.53 Å². The van der Waals surface area contributed by atoms with Crippen LogP contribution in [0.1, 0.15) is 21.6 Å². The van der Waals surface area contributed by atoms with Crippen LogP contribution in [0.5, 0.6) is 5.75 Å². The molecule has 0 aliphatic carbocycles. The predicted molar refractivity (Wildman–Crippen MR) is 114 cm³/mol. The molecule has 1 N–H and O–H groups in total. The Balaban J connectivity index is 1.83. The molecule has 0 saturated heterocycles. The van der Waals surface area contributed by atoms with Crippen molar-refractivity contribution >= 4 is 22.5 Å². The number of aryl methyl sites for hydroxylation is 3. The average molecular weight is 386 g/mol. The number of aromatic nitrogens is 3. The Bertz CT molecular complexity index is 1230. The molecule has 4 aromatic rings. The van der Waals surface area contributed by atoms with E-state index in [-0.39, 0.29) is 5.91 Å². The van der Waals surface area contributed by atoms with Gasteiger partial charge in [-0.1, -0.05) is 24.3 Å². The molecule has 4 rings (SSSR count). The number of benzene rings is 2. The van der Waals surface area contributed by atoms with E-state index in [9.17, 15) is 4.79 Å². The first-order valence-electron chi connectivity index (χ1n) is 9.32. The molecule has 6 nitrogen and oxygen atoms in total. The summed E-state index contributed by atoms with van der Waals surface area (Å²) in [6.07, 6.45) is 1.91. The van der Waals surface area contributed by atoms with Gasteiger partial charge in [0.1, 0.15) is 5.75 Å². The first-order chi connectivity index (χ1) is 14.0. The number of rotatable bonds is 4. The van der Waals surface area contributed by atoms with Gasteiger partial charge in [-0.25, -0.2) is 4.98 Å². The predicted octanol–water partition coefficient (Wildman–Crippen LogP) is 4.51. The highest BCUT2D eigenvalue weighted by molar-refractivity contribution is 6.13. The van der Waals surface area contributed by atoms with Crippen LogP contribution in [-0.2, 0) is 7.05 Å². The summed E-state index contributed by atoms with van der Waals surface area (Å²) in [6.45, 7) is 3.91. The Labute approximate surface area is 169 Å². The van der Waals surface area contributed by atoms with Crippen molar-refractivity contribution in [2.24, 2.45) is 7.05 Å². The quantitative estimate of drug-likeness (QED) is 0.560. The van der Waals surface area contributed by atoms with Gasteiger partial charge >= 0.3 is 0 Å². The monoisotopic (exact) mass is 386 g/mol. The van der Waals surface area contributed by atoms with E-state index in [1.807, 2.05) is 75.6 Å². The van der Waals surface area contributed by atoms with E-state index >= 15 is 0 Å². The molecule has 0 aliphatic heterocycles. The molecule has 146 valence electrons. The van der Waals surface area contributed by atoms with Crippen molar-refractivity contribution in [1.29, 1.82) is 0 Å². The SMILES string of the molecule is COc1ccc(C)cc1NC(=O)c1cc(-c2cn(C)nc2C)nc2ccccc12. The van der Waals surface area contributed by atoms with E-state index in [1.54, 1.807) is 11.8 Å². The average Bonchev–Trinajstić information content (AvgIpc) is 3.05. The van der Waals surface area contributed by atoms with Crippen LogP contribution < -0.4 is 10.1 Å². The molecule has 0 fully saturated rings. The third kappa shape index (κ3) is 3.57. The van der Waals surface area contributed by atoms with Gasteiger partial charge in [-0.2, -0.15) is 5.10 Å². The molecule has 0 spiro atoms. The van der Waals surface area contributed by atoms with Crippen molar-refractivity contribution in [3.8, 4) is 17.0 Å². The highest BCUT2D eigenvalue weighted by Gasteiger charge is 2.17. The Kier molecular flexibility index (Phi) is 4.76. The zero-order valence-electron chi connectivity index (χ0n) is 16.9. The lowest BCUT2D eigenvalue weighted by Crippen LogP contribution is -2.14. The number of carbonyl (C=O) groups is 1. The van der Waals surface area contributed by atoms with Gasteiger partial charge in [0.15, 0.2) is 0 Å². The second kappa shape index (κ2) is 7.39. The van der Waals surface area contributed by atoms with Crippen molar-refractivity contribution in [1.82, 2.24) is 14.8 Å². The zero-order chi connectivity index (χ0) is 20.5.